The SMILES string of the molecule is CCCC1(CC(=O)N[C@H]2CCOC2=O)OCCO1. The number of rotatable bonds is 5. The normalized spacial score (nSPS) is 26.1. The molecule has 2 fully saturated rings. The number of nitrogens with one attached hydrogen (secondary N) is 1. The van der Waals surface area contributed by atoms with Crippen molar-refractivity contribution in [3.05, 3.63) is 0 Å². The molecule has 2 heterocycles. The summed E-state index contributed by atoms with van der Waals surface area (Å²) in [5.74, 6) is -1.39. The van der Waals surface area contributed by atoms with E-state index in [-0.39, 0.29) is 18.3 Å². The van der Waals surface area contributed by atoms with Crippen molar-refractivity contribution in [3.8, 4) is 0 Å². The molecule has 0 saturated carbocycles. The first-order chi connectivity index (χ1) is 8.65. The van der Waals surface area contributed by atoms with Crippen LogP contribution in [-0.4, -0.2) is 43.5 Å². The van der Waals surface area contributed by atoms with Crippen LogP contribution in [0, 0.1) is 0 Å². The molecule has 2 aliphatic heterocycles. The highest BCUT2D eigenvalue weighted by atomic mass is 16.7. The summed E-state index contributed by atoms with van der Waals surface area (Å²) in [5, 5.41) is 2.67. The third kappa shape index (κ3) is 3.00. The Balaban J connectivity index is 1.87. The first-order valence-electron chi connectivity index (χ1n) is 6.39. The highest BCUT2D eigenvalue weighted by Gasteiger charge is 2.39. The Kier molecular flexibility index (Phi) is 4.19. The predicted molar refractivity (Wildman–Crippen MR) is 61.7 cm³/mol. The number of ether oxygens (including phenoxy) is 3. The van der Waals surface area contributed by atoms with Gasteiger partial charge in [-0.3, -0.25) is 4.79 Å². The summed E-state index contributed by atoms with van der Waals surface area (Å²) in [6, 6.07) is -0.516. The van der Waals surface area contributed by atoms with Crippen molar-refractivity contribution in [2.24, 2.45) is 0 Å². The fraction of sp³-hybridized carbons (Fsp3) is 0.833. The van der Waals surface area contributed by atoms with Gasteiger partial charge in [0.15, 0.2) is 5.79 Å². The van der Waals surface area contributed by atoms with Crippen LogP contribution in [0.3, 0.4) is 0 Å². The molecular weight excluding hydrogens is 238 g/mol. The Morgan fingerprint density at radius 2 is 2.11 bits per heavy atom. The molecule has 0 spiro atoms. The van der Waals surface area contributed by atoms with Crippen molar-refractivity contribution in [1.82, 2.24) is 5.32 Å². The van der Waals surface area contributed by atoms with Crippen LogP contribution in [0.25, 0.3) is 0 Å². The van der Waals surface area contributed by atoms with E-state index < -0.39 is 11.8 Å². The summed E-state index contributed by atoms with van der Waals surface area (Å²) in [5.41, 5.74) is 0. The van der Waals surface area contributed by atoms with Gasteiger partial charge in [-0.15, -0.1) is 0 Å². The van der Waals surface area contributed by atoms with Crippen LogP contribution < -0.4 is 5.32 Å². The average Bonchev–Trinajstić information content (AvgIpc) is 2.90. The zero-order valence-corrected chi connectivity index (χ0v) is 10.6. The van der Waals surface area contributed by atoms with E-state index >= 15 is 0 Å². The highest BCUT2D eigenvalue weighted by Crippen LogP contribution is 2.28. The fourth-order valence-electron chi connectivity index (χ4n) is 2.33. The summed E-state index contributed by atoms with van der Waals surface area (Å²) < 4.78 is 15.9. The number of carbonyl (C=O) groups is 2. The molecule has 6 heteroatoms. The largest absolute Gasteiger partial charge is 0.464 e. The fourth-order valence-corrected chi connectivity index (χ4v) is 2.33. The van der Waals surface area contributed by atoms with Crippen molar-refractivity contribution in [2.45, 2.75) is 44.4 Å². The van der Waals surface area contributed by atoms with E-state index in [4.69, 9.17) is 14.2 Å². The van der Waals surface area contributed by atoms with E-state index in [0.717, 1.165) is 6.42 Å². The number of amides is 1. The van der Waals surface area contributed by atoms with Crippen LogP contribution in [0.2, 0.25) is 0 Å². The third-order valence-electron chi connectivity index (χ3n) is 3.14. The molecule has 2 rings (SSSR count). The molecule has 2 saturated heterocycles. The predicted octanol–water partition coefficient (Wildman–Crippen LogP) is 0.351. The summed E-state index contributed by atoms with van der Waals surface area (Å²) in [6.07, 6.45) is 2.21. The standard InChI is InChI=1S/C12H19NO5/c1-2-4-12(17-6-7-18-12)8-10(14)13-9-3-5-16-11(9)15/h9H,2-8H2,1H3,(H,13,14)/t9-/m0/s1. The Bertz CT molecular complexity index is 324. The molecule has 102 valence electrons. The van der Waals surface area contributed by atoms with E-state index in [9.17, 15) is 9.59 Å². The van der Waals surface area contributed by atoms with Gasteiger partial charge in [-0.2, -0.15) is 0 Å². The molecule has 0 aromatic rings. The van der Waals surface area contributed by atoms with Gasteiger partial charge >= 0.3 is 5.97 Å². The van der Waals surface area contributed by atoms with Gasteiger partial charge in [-0.1, -0.05) is 13.3 Å². The second-order valence-corrected chi connectivity index (χ2v) is 4.61. The molecule has 1 amide bonds. The number of cyclic esters (lactones) is 1. The van der Waals surface area contributed by atoms with E-state index in [2.05, 4.69) is 5.32 Å². The van der Waals surface area contributed by atoms with Gasteiger partial charge in [-0.05, 0) is 0 Å². The van der Waals surface area contributed by atoms with Crippen LogP contribution in [0.4, 0.5) is 0 Å². The summed E-state index contributed by atoms with van der Waals surface area (Å²) >= 11 is 0. The molecule has 0 aromatic heterocycles. The van der Waals surface area contributed by atoms with Gasteiger partial charge in [0.25, 0.3) is 0 Å². The van der Waals surface area contributed by atoms with Crippen molar-refractivity contribution in [2.75, 3.05) is 19.8 Å². The number of hydrogen-bond donors (Lipinski definition) is 1. The molecule has 18 heavy (non-hydrogen) atoms. The quantitative estimate of drug-likeness (QED) is 0.719. The Labute approximate surface area is 106 Å². The number of carbonyl (C=O) groups excluding carboxylic acids is 2. The lowest BCUT2D eigenvalue weighted by molar-refractivity contribution is -0.174. The molecule has 1 atom stereocenters. The smallest absolute Gasteiger partial charge is 0.328 e. The van der Waals surface area contributed by atoms with Crippen LogP contribution >= 0.6 is 0 Å². The lowest BCUT2D eigenvalue weighted by Gasteiger charge is -2.26. The number of hydrogen-bond acceptors (Lipinski definition) is 5. The van der Waals surface area contributed by atoms with Crippen LogP contribution in [-0.2, 0) is 23.8 Å². The van der Waals surface area contributed by atoms with E-state index in [1.54, 1.807) is 0 Å². The van der Waals surface area contributed by atoms with Crippen LogP contribution in [0.1, 0.15) is 32.6 Å². The molecular formula is C12H19NO5. The molecule has 0 unspecified atom stereocenters. The lowest BCUT2D eigenvalue weighted by atomic mass is 10.1. The zero-order chi connectivity index (χ0) is 13.0. The van der Waals surface area contributed by atoms with Crippen molar-refractivity contribution in [1.29, 1.82) is 0 Å². The Morgan fingerprint density at radius 1 is 1.39 bits per heavy atom. The second kappa shape index (κ2) is 5.67. The molecule has 0 aromatic carbocycles. The first kappa shape index (κ1) is 13.3. The van der Waals surface area contributed by atoms with E-state index in [1.807, 2.05) is 6.92 Å². The van der Waals surface area contributed by atoms with Crippen LogP contribution in [0.5, 0.6) is 0 Å². The van der Waals surface area contributed by atoms with E-state index in [0.29, 0.717) is 32.7 Å². The topological polar surface area (TPSA) is 73.9 Å². The maximum absolute atomic E-state index is 11.9. The minimum absolute atomic E-state index is 0.130. The Morgan fingerprint density at radius 3 is 2.67 bits per heavy atom. The minimum Gasteiger partial charge on any atom is -0.464 e. The summed E-state index contributed by atoms with van der Waals surface area (Å²) in [7, 11) is 0. The van der Waals surface area contributed by atoms with Crippen molar-refractivity contribution in [3.63, 3.8) is 0 Å². The maximum Gasteiger partial charge on any atom is 0.328 e. The lowest BCUT2D eigenvalue weighted by Crippen LogP contribution is -2.43. The monoisotopic (exact) mass is 257 g/mol. The first-order valence-corrected chi connectivity index (χ1v) is 6.39. The molecule has 2 aliphatic rings. The molecule has 1 N–H and O–H groups in total. The highest BCUT2D eigenvalue weighted by molar-refractivity contribution is 5.85. The van der Waals surface area contributed by atoms with Crippen LogP contribution in [0.15, 0.2) is 0 Å². The van der Waals surface area contributed by atoms with Gasteiger partial charge < -0.3 is 19.5 Å². The third-order valence-corrected chi connectivity index (χ3v) is 3.14. The van der Waals surface area contributed by atoms with Gasteiger partial charge in [-0.25, -0.2) is 4.79 Å². The van der Waals surface area contributed by atoms with Gasteiger partial charge in [0, 0.05) is 12.8 Å². The maximum atomic E-state index is 11.9. The molecule has 0 aliphatic carbocycles. The molecule has 6 nitrogen and oxygen atoms in total. The second-order valence-electron chi connectivity index (χ2n) is 4.61. The molecule has 0 bridgehead atoms. The van der Waals surface area contributed by atoms with Gasteiger partial charge in [0.05, 0.1) is 26.2 Å². The minimum atomic E-state index is -0.804. The summed E-state index contributed by atoms with van der Waals surface area (Å²) in [6.45, 7) is 3.41. The summed E-state index contributed by atoms with van der Waals surface area (Å²) in [4.78, 5) is 23.2. The average molecular weight is 257 g/mol. The van der Waals surface area contributed by atoms with Crippen molar-refractivity contribution >= 4 is 11.9 Å². The molecule has 0 radical (unpaired) electrons. The Hall–Kier alpha value is -1.14. The van der Waals surface area contributed by atoms with Gasteiger partial charge in [0.1, 0.15) is 6.04 Å². The zero-order valence-electron chi connectivity index (χ0n) is 10.6. The van der Waals surface area contributed by atoms with Gasteiger partial charge in [0.2, 0.25) is 5.91 Å². The van der Waals surface area contributed by atoms with E-state index in [1.165, 1.54) is 0 Å². The number of esters is 1. The van der Waals surface area contributed by atoms with Crippen molar-refractivity contribution < 1.29 is 23.8 Å².